The number of unbranched alkanes of at least 4 members (excludes halogenated alkanes) is 1. The van der Waals surface area contributed by atoms with Gasteiger partial charge in [0.2, 0.25) is 24.1 Å². The molecule has 318 valence electrons. The van der Waals surface area contributed by atoms with Gasteiger partial charge in [-0.2, -0.15) is 0 Å². The third-order valence-corrected chi connectivity index (χ3v) is 10.4. The molecular formula is C46H55ClN6O7. The topological polar surface area (TPSA) is 200 Å². The Labute approximate surface area is 356 Å². The normalized spacial score (nSPS) is 12.8. The minimum atomic E-state index is -1.07. The maximum absolute atomic E-state index is 13.3. The van der Waals surface area contributed by atoms with E-state index in [0.717, 1.165) is 47.2 Å². The molecule has 1 aliphatic carbocycles. The number of phenolic OH excluding ortho intramolecular Hbond substituents is 1. The Hall–Kier alpha value is -6.05. The van der Waals surface area contributed by atoms with Crippen LogP contribution in [0.5, 0.6) is 5.75 Å². The molecular weight excluding hydrogens is 784 g/mol. The molecule has 4 aromatic carbocycles. The summed E-state index contributed by atoms with van der Waals surface area (Å²) in [6.07, 6.45) is 4.78. The molecule has 2 atom stereocenters. The van der Waals surface area contributed by atoms with Gasteiger partial charge in [-0.05, 0) is 121 Å². The summed E-state index contributed by atoms with van der Waals surface area (Å²) in [7, 11) is 1.67. The Morgan fingerprint density at radius 1 is 0.883 bits per heavy atom. The highest BCUT2D eigenvalue weighted by atomic mass is 35.5. The van der Waals surface area contributed by atoms with Crippen molar-refractivity contribution in [2.45, 2.75) is 70.9 Å². The Balaban J connectivity index is 0.00000150. The van der Waals surface area contributed by atoms with Gasteiger partial charge in [0.15, 0.2) is 0 Å². The van der Waals surface area contributed by atoms with Gasteiger partial charge in [0.05, 0.1) is 25.7 Å². The molecule has 5 rings (SSSR count). The number of benzene rings is 4. The summed E-state index contributed by atoms with van der Waals surface area (Å²) < 4.78 is 0. The molecule has 7 N–H and O–H groups in total. The first-order valence-corrected chi connectivity index (χ1v) is 20.4. The van der Waals surface area contributed by atoms with E-state index in [1.165, 1.54) is 25.8 Å². The van der Waals surface area contributed by atoms with E-state index in [0.29, 0.717) is 34.0 Å². The van der Waals surface area contributed by atoms with E-state index in [1.54, 1.807) is 48.3 Å². The SMILES string of the molecule is CC(=O)CNC(=O)C(Cc1ccc(O)c(-c2cc(C(C)N(C)C(=O)CNC(=O)c3ccc(-c4ccc(Cl)cc4)cc3)ccc2C2CC2)c1)NC(=O)CNC=O.CCCCN. The lowest BCUT2D eigenvalue weighted by atomic mass is 9.90. The second-order valence-electron chi connectivity index (χ2n) is 14.8. The van der Waals surface area contributed by atoms with Crippen LogP contribution in [0.2, 0.25) is 5.02 Å². The number of nitrogens with one attached hydrogen (secondary N) is 4. The van der Waals surface area contributed by atoms with Crippen molar-refractivity contribution >= 4 is 47.4 Å². The van der Waals surface area contributed by atoms with Crippen LogP contribution in [0, 0.1) is 0 Å². The fourth-order valence-corrected chi connectivity index (χ4v) is 6.51. The summed E-state index contributed by atoms with van der Waals surface area (Å²) in [5.41, 5.74) is 11.2. The summed E-state index contributed by atoms with van der Waals surface area (Å²) in [4.78, 5) is 75.5. The van der Waals surface area contributed by atoms with E-state index in [4.69, 9.17) is 17.3 Å². The Morgan fingerprint density at radius 2 is 1.55 bits per heavy atom. The number of carbonyl (C=O) groups is 6. The van der Waals surface area contributed by atoms with E-state index in [-0.39, 0.29) is 49.4 Å². The second-order valence-corrected chi connectivity index (χ2v) is 15.2. The van der Waals surface area contributed by atoms with Crippen molar-refractivity contribution in [3.05, 3.63) is 112 Å². The van der Waals surface area contributed by atoms with Crippen LogP contribution in [0.3, 0.4) is 0 Å². The van der Waals surface area contributed by atoms with Gasteiger partial charge in [0, 0.05) is 29.6 Å². The van der Waals surface area contributed by atoms with Crippen molar-refractivity contribution < 1.29 is 33.9 Å². The van der Waals surface area contributed by atoms with Crippen LogP contribution in [0.15, 0.2) is 84.9 Å². The first-order valence-electron chi connectivity index (χ1n) is 20.1. The van der Waals surface area contributed by atoms with Crippen molar-refractivity contribution in [3.63, 3.8) is 0 Å². The number of nitrogens with two attached hydrogens (primary N) is 1. The van der Waals surface area contributed by atoms with Gasteiger partial charge in [-0.1, -0.05) is 67.4 Å². The van der Waals surface area contributed by atoms with Crippen LogP contribution < -0.4 is 27.0 Å². The molecule has 13 nitrogen and oxygen atoms in total. The minimum Gasteiger partial charge on any atom is -0.507 e. The number of halogens is 1. The van der Waals surface area contributed by atoms with Gasteiger partial charge in [0.25, 0.3) is 5.91 Å². The molecule has 0 heterocycles. The largest absolute Gasteiger partial charge is 0.507 e. The quantitative estimate of drug-likeness (QED) is 0.0672. The lowest BCUT2D eigenvalue weighted by molar-refractivity contribution is -0.130. The van der Waals surface area contributed by atoms with Gasteiger partial charge in [-0.15, -0.1) is 0 Å². The number of hydrogen-bond donors (Lipinski definition) is 6. The molecule has 1 aliphatic rings. The second kappa shape index (κ2) is 22.9. The summed E-state index contributed by atoms with van der Waals surface area (Å²) in [5, 5.41) is 21.9. The number of amides is 5. The lowest BCUT2D eigenvalue weighted by Crippen LogP contribution is -2.50. The molecule has 5 amide bonds. The zero-order chi connectivity index (χ0) is 43.8. The van der Waals surface area contributed by atoms with E-state index >= 15 is 0 Å². The predicted molar refractivity (Wildman–Crippen MR) is 233 cm³/mol. The Bertz CT molecular complexity index is 2120. The molecule has 0 radical (unpaired) electrons. The average Bonchev–Trinajstić information content (AvgIpc) is 4.10. The standard InChI is InChI=1S/C42H44ClN5O7.C4H11N/c1-25(50)21-45-42(55)37(47-39(52)22-44-24-49)19-27-4-17-38(51)36(18-27)35-20-32(13-16-34(35)30-7-8-30)26(2)48(3)40(53)23-46-41(54)31-9-5-28(6-10-31)29-11-14-33(43)15-12-29;1-2-3-4-5/h4-6,9-18,20,24,26,30,37,51H,7-8,19,21-23H2,1-3H3,(H,44,49)(H,45,55)(H,46,54)(H,47,52);2-5H2,1H3. The first-order chi connectivity index (χ1) is 28.8. The van der Waals surface area contributed by atoms with Crippen LogP contribution >= 0.6 is 11.6 Å². The van der Waals surface area contributed by atoms with Crippen molar-refractivity contribution in [1.82, 2.24) is 26.2 Å². The molecule has 2 unspecified atom stereocenters. The van der Waals surface area contributed by atoms with Gasteiger partial charge < -0.3 is 37.0 Å². The number of carbonyl (C=O) groups excluding carboxylic acids is 6. The van der Waals surface area contributed by atoms with Crippen LogP contribution in [0.25, 0.3) is 22.3 Å². The highest BCUT2D eigenvalue weighted by Gasteiger charge is 2.29. The molecule has 0 saturated heterocycles. The Kier molecular flexibility index (Phi) is 17.8. The molecule has 1 saturated carbocycles. The Morgan fingerprint density at radius 3 is 2.13 bits per heavy atom. The number of rotatable bonds is 19. The number of hydrogen-bond acceptors (Lipinski definition) is 8. The van der Waals surface area contributed by atoms with Gasteiger partial charge >= 0.3 is 0 Å². The predicted octanol–water partition coefficient (Wildman–Crippen LogP) is 5.43. The third kappa shape index (κ3) is 13.8. The molecule has 0 aromatic heterocycles. The molecule has 0 aliphatic heterocycles. The third-order valence-electron chi connectivity index (χ3n) is 10.1. The van der Waals surface area contributed by atoms with Crippen LogP contribution in [-0.2, 0) is 30.4 Å². The van der Waals surface area contributed by atoms with Crippen LogP contribution in [0.1, 0.15) is 85.5 Å². The van der Waals surface area contributed by atoms with Gasteiger partial charge in [-0.3, -0.25) is 28.8 Å². The van der Waals surface area contributed by atoms with Crippen molar-refractivity contribution in [2.75, 3.05) is 33.2 Å². The van der Waals surface area contributed by atoms with Crippen molar-refractivity contribution in [2.24, 2.45) is 5.73 Å². The maximum Gasteiger partial charge on any atom is 0.251 e. The van der Waals surface area contributed by atoms with Crippen molar-refractivity contribution in [3.8, 4) is 28.0 Å². The number of phenols is 1. The molecule has 1 fully saturated rings. The highest BCUT2D eigenvalue weighted by molar-refractivity contribution is 6.30. The summed E-state index contributed by atoms with van der Waals surface area (Å²) in [6, 6.07) is 23.9. The van der Waals surface area contributed by atoms with E-state index < -0.39 is 23.9 Å². The number of likely N-dealkylation sites (N-methyl/N-ethyl adjacent to an activating group) is 1. The lowest BCUT2D eigenvalue weighted by Gasteiger charge is -2.27. The molecule has 4 aromatic rings. The number of nitrogens with zero attached hydrogens (tertiary/aromatic N) is 1. The monoisotopic (exact) mass is 838 g/mol. The number of ketones is 1. The van der Waals surface area contributed by atoms with E-state index in [1.807, 2.05) is 49.4 Å². The van der Waals surface area contributed by atoms with E-state index in [9.17, 15) is 33.9 Å². The minimum absolute atomic E-state index is 0.0144. The zero-order valence-corrected chi connectivity index (χ0v) is 35.3. The number of aromatic hydroxyl groups is 1. The molecule has 14 heteroatoms. The van der Waals surface area contributed by atoms with Crippen LogP contribution in [0.4, 0.5) is 0 Å². The maximum atomic E-state index is 13.3. The molecule has 0 bridgehead atoms. The smallest absolute Gasteiger partial charge is 0.251 e. The zero-order valence-electron chi connectivity index (χ0n) is 34.6. The molecule has 60 heavy (non-hydrogen) atoms. The fourth-order valence-electron chi connectivity index (χ4n) is 6.39. The van der Waals surface area contributed by atoms with E-state index in [2.05, 4.69) is 28.2 Å². The summed E-state index contributed by atoms with van der Waals surface area (Å²) in [6.45, 7) is 5.43. The molecule has 0 spiro atoms. The highest BCUT2D eigenvalue weighted by Crippen LogP contribution is 2.47. The fraction of sp³-hybridized carbons (Fsp3) is 0.348. The van der Waals surface area contributed by atoms with Gasteiger partial charge in [0.1, 0.15) is 17.6 Å². The first kappa shape index (κ1) is 46.6. The van der Waals surface area contributed by atoms with Crippen LogP contribution in [-0.4, -0.2) is 85.1 Å². The van der Waals surface area contributed by atoms with Crippen molar-refractivity contribution in [1.29, 1.82) is 0 Å². The number of Topliss-reactive ketones (excluding diaryl/α,β-unsaturated/α-hetero) is 1. The van der Waals surface area contributed by atoms with Gasteiger partial charge in [-0.25, -0.2) is 0 Å². The summed E-state index contributed by atoms with van der Waals surface area (Å²) >= 11 is 5.99. The average molecular weight is 839 g/mol. The summed E-state index contributed by atoms with van der Waals surface area (Å²) in [5.74, 6) is -1.78.